The van der Waals surface area contributed by atoms with Crippen LogP contribution in [0.4, 0.5) is 4.39 Å². The van der Waals surface area contributed by atoms with Crippen LogP contribution in [-0.4, -0.2) is 17.8 Å². The maximum atomic E-state index is 13.4. The van der Waals surface area contributed by atoms with Crippen LogP contribution in [0, 0.1) is 11.7 Å². The molecule has 1 aromatic carbocycles. The number of ether oxygens (including phenoxy) is 1. The van der Waals surface area contributed by atoms with Crippen molar-refractivity contribution < 1.29 is 14.2 Å². The van der Waals surface area contributed by atoms with Crippen molar-refractivity contribution in [2.75, 3.05) is 6.61 Å². The Morgan fingerprint density at radius 3 is 2.87 bits per heavy atom. The van der Waals surface area contributed by atoms with Crippen LogP contribution in [0.3, 0.4) is 0 Å². The minimum Gasteiger partial charge on any atom is -0.505 e. The Labute approximate surface area is 138 Å². The number of phenols is 1. The first-order valence-electron chi connectivity index (χ1n) is 8.05. The van der Waals surface area contributed by atoms with Crippen molar-refractivity contribution in [3.63, 3.8) is 0 Å². The number of hydrogen-bond acceptors (Lipinski definition) is 2. The van der Waals surface area contributed by atoms with Crippen molar-refractivity contribution in [2.45, 2.75) is 39.7 Å². The molecule has 1 heterocycles. The summed E-state index contributed by atoms with van der Waals surface area (Å²) in [6, 6.07) is 4.43. The van der Waals surface area contributed by atoms with Crippen LogP contribution in [-0.2, 0) is 4.74 Å². The number of aromatic hydroxyl groups is 1. The van der Waals surface area contributed by atoms with Gasteiger partial charge in [0.2, 0.25) is 0 Å². The zero-order valence-electron chi connectivity index (χ0n) is 14.1. The van der Waals surface area contributed by atoms with Crippen LogP contribution in [0.25, 0.3) is 6.08 Å². The molecule has 0 aromatic heterocycles. The summed E-state index contributed by atoms with van der Waals surface area (Å²) in [5.41, 5.74) is 4.28. The Morgan fingerprint density at radius 2 is 2.22 bits per heavy atom. The first-order chi connectivity index (χ1) is 10.9. The predicted octanol–water partition coefficient (Wildman–Crippen LogP) is 5.25. The van der Waals surface area contributed by atoms with Gasteiger partial charge >= 0.3 is 0 Å². The largest absolute Gasteiger partial charge is 0.505 e. The number of hydrogen-bond donors (Lipinski definition) is 1. The van der Waals surface area contributed by atoms with Gasteiger partial charge in [0, 0.05) is 0 Å². The highest BCUT2D eigenvalue weighted by Crippen LogP contribution is 2.30. The summed E-state index contributed by atoms with van der Waals surface area (Å²) in [6.07, 6.45) is 5.93. The van der Waals surface area contributed by atoms with Gasteiger partial charge in [0.05, 0.1) is 12.7 Å². The fourth-order valence-corrected chi connectivity index (χ4v) is 2.71. The van der Waals surface area contributed by atoms with Crippen molar-refractivity contribution in [2.24, 2.45) is 5.92 Å². The molecule has 0 saturated heterocycles. The fraction of sp³-hybridized carbons (Fsp3) is 0.400. The smallest absolute Gasteiger partial charge is 0.165 e. The second-order valence-electron chi connectivity index (χ2n) is 6.40. The summed E-state index contributed by atoms with van der Waals surface area (Å²) >= 11 is 0. The van der Waals surface area contributed by atoms with E-state index in [0.717, 1.165) is 29.6 Å². The van der Waals surface area contributed by atoms with Gasteiger partial charge in [-0.3, -0.25) is 0 Å². The van der Waals surface area contributed by atoms with Crippen molar-refractivity contribution in [3.8, 4) is 5.75 Å². The lowest BCUT2D eigenvalue weighted by atomic mass is 9.91. The Morgan fingerprint density at radius 1 is 1.48 bits per heavy atom. The minimum atomic E-state index is -0.593. The zero-order valence-corrected chi connectivity index (χ0v) is 14.1. The van der Waals surface area contributed by atoms with E-state index in [2.05, 4.69) is 26.5 Å². The second-order valence-corrected chi connectivity index (χ2v) is 6.40. The van der Waals surface area contributed by atoms with E-state index in [1.165, 1.54) is 17.7 Å². The molecule has 1 unspecified atom stereocenters. The molecule has 1 aliphatic rings. The highest BCUT2D eigenvalue weighted by atomic mass is 19.1. The van der Waals surface area contributed by atoms with E-state index >= 15 is 0 Å². The van der Waals surface area contributed by atoms with E-state index < -0.39 is 5.82 Å². The van der Waals surface area contributed by atoms with Crippen LogP contribution < -0.4 is 0 Å². The first kappa shape index (κ1) is 17.5. The molecule has 0 amide bonds. The molecule has 1 N–H and O–H groups in total. The maximum absolute atomic E-state index is 13.4. The normalized spacial score (nSPS) is 18.4. The summed E-state index contributed by atoms with van der Waals surface area (Å²) in [4.78, 5) is 0. The third kappa shape index (κ3) is 4.55. The van der Waals surface area contributed by atoms with Gasteiger partial charge in [-0.15, -0.1) is 0 Å². The quantitative estimate of drug-likeness (QED) is 0.776. The van der Waals surface area contributed by atoms with Crippen LogP contribution >= 0.6 is 0 Å². The number of rotatable bonds is 6. The van der Waals surface area contributed by atoms with E-state index in [1.807, 2.05) is 13.0 Å². The molecule has 1 aliphatic heterocycles. The molecule has 1 atom stereocenters. The molecule has 0 radical (unpaired) electrons. The highest BCUT2D eigenvalue weighted by molar-refractivity contribution is 5.53. The molecule has 1 aromatic rings. The van der Waals surface area contributed by atoms with Gasteiger partial charge in [0.1, 0.15) is 0 Å². The monoisotopic (exact) mass is 316 g/mol. The summed E-state index contributed by atoms with van der Waals surface area (Å²) in [5, 5.41) is 9.22. The van der Waals surface area contributed by atoms with Gasteiger partial charge in [-0.05, 0) is 54.5 Å². The van der Waals surface area contributed by atoms with E-state index in [-0.39, 0.29) is 11.9 Å². The van der Waals surface area contributed by atoms with Crippen LogP contribution in [0.1, 0.15) is 39.2 Å². The molecule has 0 spiro atoms. The van der Waals surface area contributed by atoms with Crippen LogP contribution in [0.5, 0.6) is 5.75 Å². The summed E-state index contributed by atoms with van der Waals surface area (Å²) in [5.74, 6) is -0.493. The van der Waals surface area contributed by atoms with Crippen molar-refractivity contribution >= 4 is 6.08 Å². The van der Waals surface area contributed by atoms with E-state index in [1.54, 1.807) is 6.07 Å². The van der Waals surface area contributed by atoms with Crippen LogP contribution in [0.2, 0.25) is 0 Å². The third-order valence-corrected chi connectivity index (χ3v) is 4.20. The molecule has 2 rings (SSSR count). The Hall–Kier alpha value is -1.87. The number of allylic oxidation sites excluding steroid dienone is 1. The molecule has 124 valence electrons. The molecule has 0 bridgehead atoms. The number of phenolic OH excluding ortho intramolecular Hbond substituents is 1. The lowest BCUT2D eigenvalue weighted by Gasteiger charge is -2.19. The molecule has 0 aliphatic carbocycles. The Bertz CT molecular complexity index is 641. The zero-order chi connectivity index (χ0) is 17.0. The number of halogens is 1. The predicted molar refractivity (Wildman–Crippen MR) is 92.8 cm³/mol. The Balaban J connectivity index is 1.97. The van der Waals surface area contributed by atoms with Gasteiger partial charge in [0.15, 0.2) is 11.6 Å². The van der Waals surface area contributed by atoms with Crippen molar-refractivity contribution in [1.82, 2.24) is 0 Å². The molecular weight excluding hydrogens is 291 g/mol. The molecule has 3 heteroatoms. The fourth-order valence-electron chi connectivity index (χ4n) is 2.71. The van der Waals surface area contributed by atoms with E-state index in [9.17, 15) is 9.50 Å². The lowest BCUT2D eigenvalue weighted by Crippen LogP contribution is -2.13. The molecular formula is C20H25FO2. The molecule has 2 nitrogen and oxygen atoms in total. The summed E-state index contributed by atoms with van der Waals surface area (Å²) in [7, 11) is 0. The molecule has 0 fully saturated rings. The maximum Gasteiger partial charge on any atom is 0.165 e. The lowest BCUT2D eigenvalue weighted by molar-refractivity contribution is 0.116. The summed E-state index contributed by atoms with van der Waals surface area (Å²) in [6.45, 7) is 11.1. The second kappa shape index (κ2) is 7.60. The van der Waals surface area contributed by atoms with Crippen LogP contribution in [0.15, 0.2) is 47.6 Å². The van der Waals surface area contributed by atoms with Gasteiger partial charge in [-0.1, -0.05) is 44.2 Å². The van der Waals surface area contributed by atoms with Gasteiger partial charge in [-0.2, -0.15) is 0 Å². The topological polar surface area (TPSA) is 29.5 Å². The molecule has 0 saturated carbocycles. The minimum absolute atomic E-state index is 0.102. The number of benzene rings is 1. The highest BCUT2D eigenvalue weighted by Gasteiger charge is 2.23. The van der Waals surface area contributed by atoms with Gasteiger partial charge < -0.3 is 9.84 Å². The van der Waals surface area contributed by atoms with Crippen molar-refractivity contribution in [1.29, 1.82) is 0 Å². The SMILES string of the molecule is C=C(C1=CCOC1CC/C(C)=C/c1ccc(O)c(F)c1)C(C)C. The average Bonchev–Trinajstić information content (AvgIpc) is 2.96. The standard InChI is InChI=1S/C20H25FO2/c1-13(2)15(4)17-9-10-23-20(17)8-5-14(3)11-16-6-7-19(22)18(21)12-16/h6-7,9,11-13,20,22H,4-5,8,10H2,1-3H3/b14-11+. The summed E-state index contributed by atoms with van der Waals surface area (Å²) < 4.78 is 19.2. The molecule has 23 heavy (non-hydrogen) atoms. The first-order valence-corrected chi connectivity index (χ1v) is 8.05. The van der Waals surface area contributed by atoms with Gasteiger partial charge in [0.25, 0.3) is 0 Å². The van der Waals surface area contributed by atoms with Crippen molar-refractivity contribution in [3.05, 3.63) is 59.0 Å². The van der Waals surface area contributed by atoms with Gasteiger partial charge in [-0.25, -0.2) is 4.39 Å². The van der Waals surface area contributed by atoms with E-state index in [0.29, 0.717) is 12.5 Å². The third-order valence-electron chi connectivity index (χ3n) is 4.20. The average molecular weight is 316 g/mol. The Kier molecular flexibility index (Phi) is 5.78. The van der Waals surface area contributed by atoms with E-state index in [4.69, 9.17) is 4.74 Å².